The molecule has 0 aliphatic carbocycles. The van der Waals surface area contributed by atoms with Crippen molar-refractivity contribution >= 4 is 22.8 Å². The Morgan fingerprint density at radius 3 is 2.50 bits per heavy atom. The molecule has 3 rings (SSSR count). The van der Waals surface area contributed by atoms with Crippen molar-refractivity contribution < 1.29 is 13.2 Å². The fourth-order valence-corrected chi connectivity index (χ4v) is 2.53. The Balaban J connectivity index is 1.75. The van der Waals surface area contributed by atoms with Gasteiger partial charge in [0.1, 0.15) is 5.82 Å². The van der Waals surface area contributed by atoms with Gasteiger partial charge in [-0.25, -0.2) is 0 Å². The fraction of sp³-hybridized carbons (Fsp3) is 0.583. The minimum atomic E-state index is -4.17. The van der Waals surface area contributed by atoms with Crippen molar-refractivity contribution in [3.63, 3.8) is 0 Å². The lowest BCUT2D eigenvalue weighted by molar-refractivity contribution is -0.146. The summed E-state index contributed by atoms with van der Waals surface area (Å²) < 4.78 is 38.8. The van der Waals surface area contributed by atoms with Crippen LogP contribution < -0.4 is 10.6 Å². The van der Waals surface area contributed by atoms with Crippen molar-refractivity contribution in [2.24, 2.45) is 7.05 Å². The average Bonchev–Trinajstić information content (AvgIpc) is 2.80. The summed E-state index contributed by atoms with van der Waals surface area (Å²) in [5, 5.41) is 4.75. The maximum Gasteiger partial charge on any atom is 0.401 e. The number of piperazine rings is 1. The molecule has 2 N–H and O–H groups in total. The number of rotatable bonds is 2. The maximum absolute atomic E-state index is 12.4. The normalized spacial score (nSPS) is 17.4. The lowest BCUT2D eigenvalue weighted by Crippen LogP contribution is -2.49. The summed E-state index contributed by atoms with van der Waals surface area (Å²) >= 11 is 0. The van der Waals surface area contributed by atoms with E-state index in [1.165, 1.54) is 4.90 Å². The van der Waals surface area contributed by atoms with Gasteiger partial charge in [-0.2, -0.15) is 28.2 Å². The quantitative estimate of drug-likeness (QED) is 0.876. The monoisotopic (exact) mass is 315 g/mol. The minimum Gasteiger partial charge on any atom is -0.383 e. The first kappa shape index (κ1) is 14.8. The zero-order chi connectivity index (χ0) is 15.9. The number of alkyl halides is 3. The highest BCUT2D eigenvalue weighted by Crippen LogP contribution is 2.22. The molecule has 0 aromatic carbocycles. The molecule has 1 aliphatic heterocycles. The highest BCUT2D eigenvalue weighted by atomic mass is 19.4. The van der Waals surface area contributed by atoms with Gasteiger partial charge in [-0.3, -0.25) is 9.58 Å². The van der Waals surface area contributed by atoms with Crippen LogP contribution in [-0.4, -0.2) is 63.5 Å². The summed E-state index contributed by atoms with van der Waals surface area (Å²) in [6.07, 6.45) is -2.58. The molecule has 0 bridgehead atoms. The number of aromatic nitrogens is 4. The standard InChI is InChI=1S/C12H16F3N7/c1-20-10-8(6-17-20)9(16)18-11(19-10)22-4-2-21(3-5-22)7-12(13,14)15/h6H,2-5,7H2,1H3,(H2,16,18,19). The third kappa shape index (κ3) is 2.91. The van der Waals surface area contributed by atoms with Gasteiger partial charge in [0.2, 0.25) is 5.95 Å². The van der Waals surface area contributed by atoms with Crippen molar-refractivity contribution in [3.05, 3.63) is 6.20 Å². The Kier molecular flexibility index (Phi) is 3.55. The average molecular weight is 315 g/mol. The van der Waals surface area contributed by atoms with E-state index in [1.54, 1.807) is 17.9 Å². The van der Waals surface area contributed by atoms with Crippen LogP contribution in [0.1, 0.15) is 0 Å². The van der Waals surface area contributed by atoms with E-state index in [0.29, 0.717) is 49.0 Å². The molecule has 0 radical (unpaired) electrons. The molecule has 3 heterocycles. The molecular formula is C12H16F3N7. The van der Waals surface area contributed by atoms with Crippen LogP contribution in [0.2, 0.25) is 0 Å². The van der Waals surface area contributed by atoms with Gasteiger partial charge in [-0.15, -0.1) is 0 Å². The van der Waals surface area contributed by atoms with Gasteiger partial charge < -0.3 is 10.6 Å². The van der Waals surface area contributed by atoms with Gasteiger partial charge in [0, 0.05) is 33.2 Å². The minimum absolute atomic E-state index is 0.312. The highest BCUT2D eigenvalue weighted by molar-refractivity contribution is 5.86. The summed E-state index contributed by atoms with van der Waals surface area (Å²) in [6, 6.07) is 0. The van der Waals surface area contributed by atoms with Crippen molar-refractivity contribution in [2.75, 3.05) is 43.4 Å². The van der Waals surface area contributed by atoms with Crippen LogP contribution in [0.4, 0.5) is 24.9 Å². The molecule has 0 saturated carbocycles. The van der Waals surface area contributed by atoms with Crippen LogP contribution in [0.25, 0.3) is 11.0 Å². The van der Waals surface area contributed by atoms with Crippen LogP contribution in [0.5, 0.6) is 0 Å². The lowest BCUT2D eigenvalue weighted by atomic mass is 10.3. The molecule has 22 heavy (non-hydrogen) atoms. The smallest absolute Gasteiger partial charge is 0.383 e. The van der Waals surface area contributed by atoms with Crippen molar-refractivity contribution in [1.29, 1.82) is 0 Å². The first-order chi connectivity index (χ1) is 10.3. The van der Waals surface area contributed by atoms with E-state index in [0.717, 1.165) is 0 Å². The van der Waals surface area contributed by atoms with Gasteiger partial charge >= 0.3 is 6.18 Å². The number of hydrogen-bond acceptors (Lipinski definition) is 6. The van der Waals surface area contributed by atoms with Gasteiger partial charge in [0.15, 0.2) is 5.65 Å². The predicted octanol–water partition coefficient (Wildman–Crippen LogP) is 0.630. The molecule has 0 amide bonds. The van der Waals surface area contributed by atoms with Crippen LogP contribution in [0.15, 0.2) is 6.20 Å². The van der Waals surface area contributed by atoms with E-state index in [2.05, 4.69) is 15.1 Å². The largest absolute Gasteiger partial charge is 0.401 e. The van der Waals surface area contributed by atoms with E-state index in [-0.39, 0.29) is 0 Å². The number of aryl methyl sites for hydroxylation is 1. The topological polar surface area (TPSA) is 76.1 Å². The first-order valence-electron chi connectivity index (χ1n) is 6.83. The second kappa shape index (κ2) is 5.27. The summed E-state index contributed by atoms with van der Waals surface area (Å²) in [5.74, 6) is 0.756. The Morgan fingerprint density at radius 1 is 1.18 bits per heavy atom. The summed E-state index contributed by atoms with van der Waals surface area (Å²) in [4.78, 5) is 11.9. The SMILES string of the molecule is Cn1ncc2c(N)nc(N3CCN(CC(F)(F)F)CC3)nc21. The second-order valence-corrected chi connectivity index (χ2v) is 5.29. The summed E-state index contributed by atoms with van der Waals surface area (Å²) in [7, 11) is 1.75. The molecular weight excluding hydrogens is 299 g/mol. The zero-order valence-corrected chi connectivity index (χ0v) is 12.0. The lowest BCUT2D eigenvalue weighted by Gasteiger charge is -2.34. The highest BCUT2D eigenvalue weighted by Gasteiger charge is 2.32. The molecule has 0 unspecified atom stereocenters. The van der Waals surface area contributed by atoms with E-state index in [1.807, 2.05) is 4.90 Å². The fourth-order valence-electron chi connectivity index (χ4n) is 2.53. The van der Waals surface area contributed by atoms with Crippen LogP contribution in [0, 0.1) is 0 Å². The van der Waals surface area contributed by atoms with Crippen LogP contribution in [0.3, 0.4) is 0 Å². The van der Waals surface area contributed by atoms with E-state index < -0.39 is 12.7 Å². The molecule has 2 aromatic rings. The number of nitrogen functional groups attached to an aromatic ring is 1. The number of halogens is 3. The zero-order valence-electron chi connectivity index (χ0n) is 12.0. The third-order valence-corrected chi connectivity index (χ3v) is 3.67. The predicted molar refractivity (Wildman–Crippen MR) is 75.4 cm³/mol. The van der Waals surface area contributed by atoms with Crippen LogP contribution >= 0.6 is 0 Å². The Morgan fingerprint density at radius 2 is 1.86 bits per heavy atom. The number of anilines is 2. The van der Waals surface area contributed by atoms with Crippen LogP contribution in [-0.2, 0) is 7.05 Å². The van der Waals surface area contributed by atoms with Crippen molar-refractivity contribution in [3.8, 4) is 0 Å². The van der Waals surface area contributed by atoms with Gasteiger partial charge in [0.25, 0.3) is 0 Å². The van der Waals surface area contributed by atoms with Gasteiger partial charge in [-0.1, -0.05) is 0 Å². The van der Waals surface area contributed by atoms with E-state index in [9.17, 15) is 13.2 Å². The third-order valence-electron chi connectivity index (χ3n) is 3.67. The van der Waals surface area contributed by atoms with Crippen molar-refractivity contribution in [2.45, 2.75) is 6.18 Å². The molecule has 0 spiro atoms. The maximum atomic E-state index is 12.4. The van der Waals surface area contributed by atoms with Gasteiger partial charge in [-0.05, 0) is 0 Å². The Labute approximate surface area is 124 Å². The molecule has 2 aromatic heterocycles. The number of hydrogen-bond donors (Lipinski definition) is 1. The first-order valence-corrected chi connectivity index (χ1v) is 6.83. The summed E-state index contributed by atoms with van der Waals surface area (Å²) in [5.41, 5.74) is 6.51. The molecule has 0 atom stereocenters. The molecule has 7 nitrogen and oxygen atoms in total. The van der Waals surface area contributed by atoms with E-state index >= 15 is 0 Å². The molecule has 1 fully saturated rings. The van der Waals surface area contributed by atoms with Gasteiger partial charge in [0.05, 0.1) is 18.1 Å². The molecule has 10 heteroatoms. The summed E-state index contributed by atoms with van der Waals surface area (Å²) in [6.45, 7) is 0.598. The molecule has 120 valence electrons. The number of nitrogens with two attached hydrogens (primary N) is 1. The Bertz CT molecular complexity index is 673. The Hall–Kier alpha value is -2.10. The molecule has 1 saturated heterocycles. The van der Waals surface area contributed by atoms with Crippen molar-refractivity contribution in [1.82, 2.24) is 24.6 Å². The number of fused-ring (bicyclic) bond motifs is 1. The molecule has 1 aliphatic rings. The number of nitrogens with zero attached hydrogens (tertiary/aromatic N) is 6. The van der Waals surface area contributed by atoms with E-state index in [4.69, 9.17) is 5.73 Å². The second-order valence-electron chi connectivity index (χ2n) is 5.29.